The Kier molecular flexibility index (Phi) is 6.37. The third kappa shape index (κ3) is 4.28. The van der Waals surface area contributed by atoms with Gasteiger partial charge in [0.25, 0.3) is 5.91 Å². The van der Waals surface area contributed by atoms with E-state index in [1.807, 2.05) is 43.3 Å². The molecule has 0 spiro atoms. The summed E-state index contributed by atoms with van der Waals surface area (Å²) in [6.07, 6.45) is 0. The summed E-state index contributed by atoms with van der Waals surface area (Å²) in [7, 11) is 5.51. The fourth-order valence-corrected chi connectivity index (χ4v) is 3.47. The van der Waals surface area contributed by atoms with Crippen LogP contribution in [0.3, 0.4) is 0 Å². The number of H-pyrrole nitrogens is 1. The van der Waals surface area contributed by atoms with E-state index >= 15 is 0 Å². The van der Waals surface area contributed by atoms with Gasteiger partial charge < -0.3 is 24.5 Å². The van der Waals surface area contributed by atoms with Crippen LogP contribution in [-0.4, -0.2) is 48.1 Å². The van der Waals surface area contributed by atoms with Crippen molar-refractivity contribution in [2.45, 2.75) is 19.5 Å². The van der Waals surface area contributed by atoms with Crippen LogP contribution < -0.4 is 21.2 Å². The molecule has 1 unspecified atom stereocenters. The van der Waals surface area contributed by atoms with Gasteiger partial charge in [0.15, 0.2) is 0 Å². The number of amides is 1. The van der Waals surface area contributed by atoms with Crippen LogP contribution in [0.4, 0.5) is 0 Å². The molecule has 3 aromatic rings. The normalized spacial score (nSPS) is 12.2. The minimum atomic E-state index is -0.701. The fourth-order valence-electron chi connectivity index (χ4n) is 3.47. The zero-order valence-corrected chi connectivity index (χ0v) is 17.6. The number of ether oxygens (including phenoxy) is 1. The summed E-state index contributed by atoms with van der Waals surface area (Å²) in [5.41, 5.74) is 1.16. The van der Waals surface area contributed by atoms with Crippen molar-refractivity contribution in [1.82, 2.24) is 19.8 Å². The highest BCUT2D eigenvalue weighted by Crippen LogP contribution is 2.22. The number of fused-ring (bicyclic) bond motifs is 1. The highest BCUT2D eigenvalue weighted by atomic mass is 16.5. The second kappa shape index (κ2) is 8.96. The second-order valence-corrected chi connectivity index (χ2v) is 7.20. The van der Waals surface area contributed by atoms with Gasteiger partial charge >= 0.3 is 11.1 Å². The third-order valence-corrected chi connectivity index (χ3v) is 5.11. The molecule has 2 N–H and O–H groups in total. The molecule has 0 aliphatic rings. The van der Waals surface area contributed by atoms with E-state index in [0.29, 0.717) is 29.7 Å². The average Bonchev–Trinajstić information content (AvgIpc) is 2.74. The van der Waals surface area contributed by atoms with Crippen LogP contribution >= 0.6 is 0 Å². The number of hydrogen-bond acceptors (Lipinski definition) is 5. The highest BCUT2D eigenvalue weighted by molar-refractivity contribution is 5.97. The van der Waals surface area contributed by atoms with E-state index in [2.05, 4.69) is 10.3 Å². The van der Waals surface area contributed by atoms with E-state index in [4.69, 9.17) is 4.74 Å². The lowest BCUT2D eigenvalue weighted by atomic mass is 10.1. The van der Waals surface area contributed by atoms with Gasteiger partial charge in [0.2, 0.25) is 0 Å². The molecule has 3 rings (SSSR count). The number of benzene rings is 2. The predicted molar refractivity (Wildman–Crippen MR) is 116 cm³/mol. The number of likely N-dealkylation sites (N-methyl/N-ethyl adjacent to an activating group) is 1. The summed E-state index contributed by atoms with van der Waals surface area (Å²) in [5, 5.41) is 2.95. The van der Waals surface area contributed by atoms with Gasteiger partial charge in [0.1, 0.15) is 5.75 Å². The number of nitrogens with one attached hydrogen (secondary N) is 2. The lowest BCUT2D eigenvalue weighted by Gasteiger charge is -2.25. The first kappa shape index (κ1) is 21.3. The van der Waals surface area contributed by atoms with E-state index in [9.17, 15) is 14.4 Å². The van der Waals surface area contributed by atoms with Gasteiger partial charge in [0.05, 0.1) is 24.2 Å². The first-order valence-electron chi connectivity index (χ1n) is 9.71. The number of rotatable bonds is 7. The molecular weight excluding hydrogens is 384 g/mol. The monoisotopic (exact) mass is 410 g/mol. The Morgan fingerprint density at radius 1 is 1.20 bits per heavy atom. The number of hydrogen-bond donors (Lipinski definition) is 2. The molecule has 0 aliphatic heterocycles. The smallest absolute Gasteiger partial charge is 0.316 e. The molecular formula is C22H26N4O4. The number of nitrogens with zero attached hydrogens (tertiary/aromatic N) is 2. The largest absolute Gasteiger partial charge is 0.497 e. The van der Waals surface area contributed by atoms with Gasteiger partial charge in [-0.05, 0) is 56.9 Å². The van der Waals surface area contributed by atoms with Gasteiger partial charge in [-0.25, -0.2) is 0 Å². The Labute approximate surface area is 174 Å². The summed E-state index contributed by atoms with van der Waals surface area (Å²) < 4.78 is 6.69. The van der Waals surface area contributed by atoms with Gasteiger partial charge in [0, 0.05) is 18.7 Å². The maximum atomic E-state index is 12.8. The van der Waals surface area contributed by atoms with Crippen molar-refractivity contribution in [3.05, 3.63) is 74.3 Å². The lowest BCUT2D eigenvalue weighted by molar-refractivity contribution is 0.0942. The van der Waals surface area contributed by atoms with Crippen molar-refractivity contribution in [1.29, 1.82) is 0 Å². The summed E-state index contributed by atoms with van der Waals surface area (Å²) in [6, 6.07) is 12.6. The number of carbonyl (C=O) groups is 1. The van der Waals surface area contributed by atoms with Crippen LogP contribution in [0.15, 0.2) is 52.1 Å². The third-order valence-electron chi connectivity index (χ3n) is 5.11. The average molecular weight is 410 g/mol. The first-order valence-corrected chi connectivity index (χ1v) is 9.71. The lowest BCUT2D eigenvalue weighted by Crippen LogP contribution is -2.36. The molecule has 0 saturated carbocycles. The van der Waals surface area contributed by atoms with Gasteiger partial charge in [-0.15, -0.1) is 0 Å². The van der Waals surface area contributed by atoms with E-state index in [1.165, 1.54) is 4.57 Å². The Balaban J connectivity index is 1.84. The summed E-state index contributed by atoms with van der Waals surface area (Å²) in [6.45, 7) is 2.55. The number of aromatic nitrogens is 2. The van der Waals surface area contributed by atoms with Crippen molar-refractivity contribution < 1.29 is 9.53 Å². The molecule has 0 bridgehead atoms. The van der Waals surface area contributed by atoms with E-state index in [-0.39, 0.29) is 11.9 Å². The zero-order chi connectivity index (χ0) is 21.8. The molecule has 158 valence electrons. The second-order valence-electron chi connectivity index (χ2n) is 7.20. The van der Waals surface area contributed by atoms with Crippen molar-refractivity contribution in [2.75, 3.05) is 27.7 Å². The Bertz CT molecular complexity index is 1180. The summed E-state index contributed by atoms with van der Waals surface area (Å²) >= 11 is 0. The molecule has 8 heteroatoms. The molecule has 0 aliphatic carbocycles. The van der Waals surface area contributed by atoms with Crippen molar-refractivity contribution >= 4 is 16.9 Å². The predicted octanol–water partition coefficient (Wildman–Crippen LogP) is 1.75. The topological polar surface area (TPSA) is 96.4 Å². The van der Waals surface area contributed by atoms with Crippen molar-refractivity contribution in [3.8, 4) is 5.75 Å². The molecule has 1 heterocycles. The van der Waals surface area contributed by atoms with Crippen LogP contribution in [0.2, 0.25) is 0 Å². The Morgan fingerprint density at radius 3 is 2.63 bits per heavy atom. The molecule has 0 saturated heterocycles. The van der Waals surface area contributed by atoms with Crippen LogP contribution in [-0.2, 0) is 6.54 Å². The Morgan fingerprint density at radius 2 is 1.97 bits per heavy atom. The van der Waals surface area contributed by atoms with Crippen LogP contribution in [0.1, 0.15) is 28.9 Å². The summed E-state index contributed by atoms with van der Waals surface area (Å²) in [5.74, 6) is 0.493. The van der Waals surface area contributed by atoms with Crippen LogP contribution in [0.5, 0.6) is 5.75 Å². The minimum absolute atomic E-state index is 0.0467. The number of aryl methyl sites for hydroxylation is 1. The summed E-state index contributed by atoms with van der Waals surface area (Å²) in [4.78, 5) is 41.2. The fraction of sp³-hybridized carbons (Fsp3) is 0.318. The Hall–Kier alpha value is -3.39. The van der Waals surface area contributed by atoms with Gasteiger partial charge in [-0.3, -0.25) is 14.4 Å². The van der Waals surface area contributed by atoms with Crippen molar-refractivity contribution in [2.24, 2.45) is 0 Å². The standard InChI is InChI=1S/C22H26N4O4/c1-5-26-18-10-9-15(12-17(18)24-21(28)22(26)29)20(27)23-13-19(25(2)3)14-7-6-8-16(11-14)30-4/h6-12,19H,5,13H2,1-4H3,(H,23,27)(H,24,28). The van der Waals surface area contributed by atoms with Crippen molar-refractivity contribution in [3.63, 3.8) is 0 Å². The van der Waals surface area contributed by atoms with Crippen LogP contribution in [0, 0.1) is 0 Å². The molecule has 0 radical (unpaired) electrons. The minimum Gasteiger partial charge on any atom is -0.497 e. The molecule has 0 fully saturated rings. The zero-order valence-electron chi connectivity index (χ0n) is 17.6. The number of carbonyl (C=O) groups excluding carboxylic acids is 1. The highest BCUT2D eigenvalue weighted by Gasteiger charge is 2.17. The van der Waals surface area contributed by atoms with Crippen LogP contribution in [0.25, 0.3) is 11.0 Å². The number of aromatic amines is 1. The maximum absolute atomic E-state index is 12.8. The quantitative estimate of drug-likeness (QED) is 0.579. The van der Waals surface area contributed by atoms with E-state index < -0.39 is 11.1 Å². The SMILES string of the molecule is CCn1c(=O)c(=O)[nH]c2cc(C(=O)NCC(c3cccc(OC)c3)N(C)C)ccc21. The maximum Gasteiger partial charge on any atom is 0.316 e. The molecule has 2 aromatic carbocycles. The molecule has 8 nitrogen and oxygen atoms in total. The van der Waals surface area contributed by atoms with Gasteiger partial charge in [-0.2, -0.15) is 0 Å². The molecule has 1 atom stereocenters. The number of methoxy groups -OCH3 is 1. The van der Waals surface area contributed by atoms with E-state index in [1.54, 1.807) is 32.2 Å². The molecule has 30 heavy (non-hydrogen) atoms. The first-order chi connectivity index (χ1) is 14.3. The molecule has 1 amide bonds. The molecule has 1 aromatic heterocycles. The van der Waals surface area contributed by atoms with Gasteiger partial charge in [-0.1, -0.05) is 12.1 Å². The van der Waals surface area contributed by atoms with E-state index in [0.717, 1.165) is 11.3 Å².